The third kappa shape index (κ3) is 4.43. The van der Waals surface area contributed by atoms with Crippen molar-refractivity contribution in [1.29, 1.82) is 0 Å². The van der Waals surface area contributed by atoms with Gasteiger partial charge in [0.05, 0.1) is 23.9 Å². The van der Waals surface area contributed by atoms with Gasteiger partial charge in [-0.25, -0.2) is 0 Å². The summed E-state index contributed by atoms with van der Waals surface area (Å²) in [5.41, 5.74) is 0.742. The van der Waals surface area contributed by atoms with Gasteiger partial charge in [0, 0.05) is 19.8 Å². The smallest absolute Gasteiger partial charge is 0.256 e. The minimum atomic E-state index is -0.912. The second-order valence-electron chi connectivity index (χ2n) is 5.89. The second kappa shape index (κ2) is 6.10. The first kappa shape index (κ1) is 15.3. The Balaban J connectivity index is 2.04. The summed E-state index contributed by atoms with van der Waals surface area (Å²) in [4.78, 5) is 13.8. The standard InChI is InChI=1S/C16H21N3O2/c1-16(2,21)12-18(3)15(20)14-9-17-19(11-14)10-13-7-5-4-6-8-13/h4-9,11,21H,10,12H2,1-3H3. The Kier molecular flexibility index (Phi) is 4.43. The number of amides is 1. The predicted molar refractivity (Wildman–Crippen MR) is 81.0 cm³/mol. The molecular formula is C16H21N3O2. The molecule has 0 atom stereocenters. The van der Waals surface area contributed by atoms with Crippen LogP contribution in [0.25, 0.3) is 0 Å². The summed E-state index contributed by atoms with van der Waals surface area (Å²) in [6.07, 6.45) is 3.29. The summed E-state index contributed by atoms with van der Waals surface area (Å²) in [5, 5.41) is 14.0. The molecule has 0 unspecified atom stereocenters. The summed E-state index contributed by atoms with van der Waals surface area (Å²) < 4.78 is 1.74. The summed E-state index contributed by atoms with van der Waals surface area (Å²) in [7, 11) is 1.68. The Labute approximate surface area is 124 Å². The summed E-state index contributed by atoms with van der Waals surface area (Å²) in [5.74, 6) is -0.142. The fraction of sp³-hybridized carbons (Fsp3) is 0.375. The van der Waals surface area contributed by atoms with E-state index in [0.717, 1.165) is 5.56 Å². The van der Waals surface area contributed by atoms with Crippen LogP contribution in [0.15, 0.2) is 42.7 Å². The van der Waals surface area contributed by atoms with Gasteiger partial charge in [-0.15, -0.1) is 0 Å². The van der Waals surface area contributed by atoms with Crippen LogP contribution in [-0.4, -0.2) is 44.9 Å². The highest BCUT2D eigenvalue weighted by molar-refractivity contribution is 5.93. The van der Waals surface area contributed by atoms with E-state index in [1.54, 1.807) is 38.0 Å². The number of likely N-dealkylation sites (N-methyl/N-ethyl adjacent to an activating group) is 1. The monoisotopic (exact) mass is 287 g/mol. The molecule has 1 aromatic heterocycles. The number of aliphatic hydroxyl groups is 1. The number of rotatable bonds is 5. The number of hydrogen-bond acceptors (Lipinski definition) is 3. The zero-order valence-electron chi connectivity index (χ0n) is 12.7. The molecule has 0 aliphatic carbocycles. The minimum absolute atomic E-state index is 0.142. The van der Waals surface area contributed by atoms with E-state index < -0.39 is 5.60 Å². The molecule has 0 bridgehead atoms. The lowest BCUT2D eigenvalue weighted by molar-refractivity contribution is 0.0368. The lowest BCUT2D eigenvalue weighted by Gasteiger charge is -2.25. The Bertz CT molecular complexity index is 599. The number of nitrogens with zero attached hydrogens (tertiary/aromatic N) is 3. The van der Waals surface area contributed by atoms with E-state index in [-0.39, 0.29) is 12.5 Å². The van der Waals surface area contributed by atoms with Crippen LogP contribution < -0.4 is 0 Å². The van der Waals surface area contributed by atoms with Crippen molar-refractivity contribution in [2.24, 2.45) is 0 Å². The maximum Gasteiger partial charge on any atom is 0.256 e. The number of aromatic nitrogens is 2. The Morgan fingerprint density at radius 3 is 2.62 bits per heavy atom. The molecule has 112 valence electrons. The van der Waals surface area contributed by atoms with Gasteiger partial charge in [-0.05, 0) is 19.4 Å². The molecular weight excluding hydrogens is 266 g/mol. The first-order chi connectivity index (χ1) is 9.85. The first-order valence-corrected chi connectivity index (χ1v) is 6.89. The molecule has 1 amide bonds. The highest BCUT2D eigenvalue weighted by Crippen LogP contribution is 2.09. The summed E-state index contributed by atoms with van der Waals surface area (Å²) in [6, 6.07) is 9.95. The normalized spacial score (nSPS) is 11.4. The van der Waals surface area contributed by atoms with Crippen molar-refractivity contribution in [3.05, 3.63) is 53.9 Å². The quantitative estimate of drug-likeness (QED) is 0.912. The topological polar surface area (TPSA) is 58.4 Å². The molecule has 5 nitrogen and oxygen atoms in total. The fourth-order valence-electron chi connectivity index (χ4n) is 2.20. The minimum Gasteiger partial charge on any atom is -0.389 e. The first-order valence-electron chi connectivity index (χ1n) is 6.89. The maximum absolute atomic E-state index is 12.2. The van der Waals surface area contributed by atoms with Crippen molar-refractivity contribution in [3.63, 3.8) is 0 Å². The van der Waals surface area contributed by atoms with Gasteiger partial charge in [0.1, 0.15) is 0 Å². The van der Waals surface area contributed by atoms with Crippen LogP contribution in [-0.2, 0) is 6.54 Å². The molecule has 1 heterocycles. The van der Waals surface area contributed by atoms with Crippen molar-refractivity contribution in [2.75, 3.05) is 13.6 Å². The molecule has 2 aromatic rings. The highest BCUT2D eigenvalue weighted by atomic mass is 16.3. The number of carbonyl (C=O) groups excluding carboxylic acids is 1. The van der Waals surface area contributed by atoms with Crippen LogP contribution in [0.1, 0.15) is 29.8 Å². The summed E-state index contributed by atoms with van der Waals surface area (Å²) >= 11 is 0. The van der Waals surface area contributed by atoms with E-state index in [0.29, 0.717) is 12.1 Å². The molecule has 2 rings (SSSR count). The van der Waals surface area contributed by atoms with E-state index in [9.17, 15) is 9.90 Å². The molecule has 0 aliphatic heterocycles. The SMILES string of the molecule is CN(CC(C)(C)O)C(=O)c1cnn(Cc2ccccc2)c1. The molecule has 0 aliphatic rings. The number of hydrogen-bond donors (Lipinski definition) is 1. The molecule has 0 saturated heterocycles. The Morgan fingerprint density at radius 1 is 1.33 bits per heavy atom. The molecule has 0 spiro atoms. The van der Waals surface area contributed by atoms with Gasteiger partial charge in [-0.1, -0.05) is 30.3 Å². The van der Waals surface area contributed by atoms with Gasteiger partial charge >= 0.3 is 0 Å². The van der Waals surface area contributed by atoms with Crippen molar-refractivity contribution in [3.8, 4) is 0 Å². The van der Waals surface area contributed by atoms with Gasteiger partial charge in [0.15, 0.2) is 0 Å². The van der Waals surface area contributed by atoms with Crippen LogP contribution in [0.2, 0.25) is 0 Å². The Morgan fingerprint density at radius 2 is 2.00 bits per heavy atom. The second-order valence-corrected chi connectivity index (χ2v) is 5.89. The van der Waals surface area contributed by atoms with Crippen LogP contribution in [0.4, 0.5) is 0 Å². The lowest BCUT2D eigenvalue weighted by Crippen LogP contribution is -2.39. The largest absolute Gasteiger partial charge is 0.389 e. The van der Waals surface area contributed by atoms with Gasteiger partial charge in [-0.2, -0.15) is 5.10 Å². The molecule has 1 aromatic carbocycles. The summed E-state index contributed by atoms with van der Waals surface area (Å²) in [6.45, 7) is 4.25. The zero-order valence-corrected chi connectivity index (χ0v) is 12.7. The van der Waals surface area contributed by atoms with E-state index in [1.807, 2.05) is 30.3 Å². The molecule has 1 N–H and O–H groups in total. The van der Waals surface area contributed by atoms with Gasteiger partial charge in [0.25, 0.3) is 5.91 Å². The van der Waals surface area contributed by atoms with Crippen molar-refractivity contribution >= 4 is 5.91 Å². The number of carbonyl (C=O) groups is 1. The van der Waals surface area contributed by atoms with Crippen molar-refractivity contribution in [2.45, 2.75) is 26.0 Å². The van der Waals surface area contributed by atoms with Crippen LogP contribution in [0.3, 0.4) is 0 Å². The molecule has 21 heavy (non-hydrogen) atoms. The van der Waals surface area contributed by atoms with E-state index in [1.165, 1.54) is 4.90 Å². The van der Waals surface area contributed by atoms with Gasteiger partial charge < -0.3 is 10.0 Å². The average Bonchev–Trinajstić information content (AvgIpc) is 2.85. The van der Waals surface area contributed by atoms with E-state index in [2.05, 4.69) is 5.10 Å². The molecule has 5 heteroatoms. The average molecular weight is 287 g/mol. The number of benzene rings is 1. The predicted octanol–water partition coefficient (Wildman–Crippen LogP) is 1.77. The maximum atomic E-state index is 12.2. The van der Waals surface area contributed by atoms with Gasteiger partial charge in [-0.3, -0.25) is 9.48 Å². The van der Waals surface area contributed by atoms with Gasteiger partial charge in [0.2, 0.25) is 0 Å². The zero-order chi connectivity index (χ0) is 15.5. The molecule has 0 saturated carbocycles. The van der Waals surface area contributed by atoms with Crippen LogP contribution in [0.5, 0.6) is 0 Å². The third-order valence-electron chi connectivity index (χ3n) is 3.04. The van der Waals surface area contributed by atoms with E-state index >= 15 is 0 Å². The molecule has 0 radical (unpaired) electrons. The van der Waals surface area contributed by atoms with E-state index in [4.69, 9.17) is 0 Å². The van der Waals surface area contributed by atoms with Crippen LogP contribution >= 0.6 is 0 Å². The highest BCUT2D eigenvalue weighted by Gasteiger charge is 2.21. The fourth-order valence-corrected chi connectivity index (χ4v) is 2.20. The molecule has 0 fully saturated rings. The van der Waals surface area contributed by atoms with Crippen LogP contribution in [0, 0.1) is 0 Å². The Hall–Kier alpha value is -2.14. The van der Waals surface area contributed by atoms with Crippen molar-refractivity contribution < 1.29 is 9.90 Å². The van der Waals surface area contributed by atoms with Crippen molar-refractivity contribution in [1.82, 2.24) is 14.7 Å². The lowest BCUT2D eigenvalue weighted by atomic mass is 10.1. The third-order valence-corrected chi connectivity index (χ3v) is 3.04.